The molecular weight excluding hydrogens is 695 g/mol. The van der Waals surface area contributed by atoms with E-state index in [0.717, 1.165) is 0 Å². The van der Waals surface area contributed by atoms with Crippen LogP contribution in [0.1, 0.15) is 46.7 Å². The van der Waals surface area contributed by atoms with Crippen LogP contribution in [0, 0.1) is 0 Å². The fraction of sp³-hybridized carbons (Fsp3) is 0.222. The van der Waals surface area contributed by atoms with Crippen molar-refractivity contribution in [3.8, 4) is 22.9 Å². The first kappa shape index (κ1) is 33.8. The van der Waals surface area contributed by atoms with Crippen LogP contribution >= 0.6 is 23.2 Å². The third-order valence-corrected chi connectivity index (χ3v) is 9.21. The highest BCUT2D eigenvalue weighted by Crippen LogP contribution is 2.28. The van der Waals surface area contributed by atoms with E-state index >= 15 is 0 Å². The summed E-state index contributed by atoms with van der Waals surface area (Å²) >= 11 is 12.1. The number of halogens is 2. The molecule has 0 radical (unpaired) electrons. The molecule has 15 heteroatoms. The topological polar surface area (TPSA) is 164 Å². The van der Waals surface area contributed by atoms with Gasteiger partial charge in [-0.2, -0.15) is 0 Å². The number of hydrogen-bond acceptors (Lipinski definition) is 9. The summed E-state index contributed by atoms with van der Waals surface area (Å²) in [4.78, 5) is 63.6. The third kappa shape index (κ3) is 7.44. The summed E-state index contributed by atoms with van der Waals surface area (Å²) in [5.74, 6) is -0.703. The van der Waals surface area contributed by atoms with Gasteiger partial charge in [0.1, 0.15) is 23.5 Å². The van der Waals surface area contributed by atoms with Crippen molar-refractivity contribution in [3.63, 3.8) is 0 Å². The average molecular weight is 726 g/mol. The van der Waals surface area contributed by atoms with Crippen LogP contribution in [0.15, 0.2) is 89.6 Å². The van der Waals surface area contributed by atoms with Crippen LogP contribution in [0.2, 0.25) is 10.0 Å². The van der Waals surface area contributed by atoms with Gasteiger partial charge < -0.3 is 24.9 Å². The zero-order valence-corrected chi connectivity index (χ0v) is 28.5. The van der Waals surface area contributed by atoms with Crippen molar-refractivity contribution < 1.29 is 23.6 Å². The minimum Gasteiger partial charge on any atom is -0.416 e. The highest BCUT2D eigenvalue weighted by molar-refractivity contribution is 6.31. The molecule has 2 N–H and O–H groups in total. The number of anilines is 2. The molecule has 51 heavy (non-hydrogen) atoms. The van der Waals surface area contributed by atoms with Crippen molar-refractivity contribution in [2.75, 3.05) is 23.7 Å². The molecule has 2 aliphatic rings. The molecule has 0 bridgehead atoms. The predicted molar refractivity (Wildman–Crippen MR) is 189 cm³/mol. The van der Waals surface area contributed by atoms with Gasteiger partial charge in [-0.1, -0.05) is 23.2 Å². The molecule has 2 saturated heterocycles. The van der Waals surface area contributed by atoms with Gasteiger partial charge in [0.15, 0.2) is 0 Å². The van der Waals surface area contributed by atoms with Gasteiger partial charge in [-0.3, -0.25) is 29.1 Å². The summed E-state index contributed by atoms with van der Waals surface area (Å²) in [6.45, 7) is 0.901. The largest absolute Gasteiger partial charge is 0.416 e. The molecule has 3 aromatic heterocycles. The van der Waals surface area contributed by atoms with Gasteiger partial charge >= 0.3 is 0 Å². The number of pyridine rings is 2. The second-order valence-corrected chi connectivity index (χ2v) is 13.0. The summed E-state index contributed by atoms with van der Waals surface area (Å²) in [5.41, 5.74) is 2.78. The monoisotopic (exact) mass is 724 g/mol. The highest BCUT2D eigenvalue weighted by Gasteiger charge is 2.36. The minimum absolute atomic E-state index is 0.197. The van der Waals surface area contributed by atoms with E-state index in [0.29, 0.717) is 71.3 Å². The second kappa shape index (κ2) is 14.7. The zero-order valence-electron chi connectivity index (χ0n) is 27.0. The maximum Gasteiger partial charge on any atom is 0.273 e. The lowest BCUT2D eigenvalue weighted by Crippen LogP contribution is -2.43. The van der Waals surface area contributed by atoms with Crippen molar-refractivity contribution in [1.82, 2.24) is 30.0 Å². The van der Waals surface area contributed by atoms with Gasteiger partial charge in [-0.05, 0) is 98.5 Å². The Morgan fingerprint density at radius 2 is 1.04 bits per heavy atom. The van der Waals surface area contributed by atoms with Crippen LogP contribution in [0.3, 0.4) is 0 Å². The molecule has 0 unspecified atom stereocenters. The summed E-state index contributed by atoms with van der Waals surface area (Å²) in [5, 5.41) is 14.9. The number of benzene rings is 2. The van der Waals surface area contributed by atoms with Crippen molar-refractivity contribution in [2.45, 2.75) is 37.8 Å². The maximum absolute atomic E-state index is 13.2. The van der Waals surface area contributed by atoms with Gasteiger partial charge in [0, 0.05) is 58.0 Å². The zero-order chi connectivity index (χ0) is 35.5. The van der Waals surface area contributed by atoms with Gasteiger partial charge in [0.25, 0.3) is 11.8 Å². The van der Waals surface area contributed by atoms with Crippen LogP contribution < -0.4 is 10.6 Å². The lowest BCUT2D eigenvalue weighted by atomic mass is 10.1. The van der Waals surface area contributed by atoms with Crippen LogP contribution in [-0.4, -0.2) is 78.8 Å². The SMILES string of the molecule is O=C(Nc1ccc(-c2nnc(-c3ccc(NC(=O)[C@@H]4CCCN4C(=O)c4cc(Cl)ccn4)cc3)o2)cc1)[C@@H]1CCCN1C(=O)c1cc(Cl)ccn1. The Hall–Kier alpha value is -5.66. The number of likely N-dealkylation sites (tertiary alicyclic amines) is 2. The molecule has 0 saturated carbocycles. The van der Waals surface area contributed by atoms with E-state index in [2.05, 4.69) is 30.8 Å². The summed E-state index contributed by atoms with van der Waals surface area (Å²) in [7, 11) is 0. The van der Waals surface area contributed by atoms with Crippen molar-refractivity contribution in [3.05, 3.63) is 107 Å². The molecule has 2 aromatic carbocycles. The molecule has 258 valence electrons. The van der Waals surface area contributed by atoms with Gasteiger partial charge in [-0.15, -0.1) is 10.2 Å². The number of carbonyl (C=O) groups excluding carboxylic acids is 4. The minimum atomic E-state index is -0.630. The van der Waals surface area contributed by atoms with E-state index in [1.165, 1.54) is 34.3 Å². The Morgan fingerprint density at radius 3 is 1.43 bits per heavy atom. The van der Waals surface area contributed by atoms with E-state index in [9.17, 15) is 19.2 Å². The number of amides is 4. The molecule has 2 atom stereocenters. The summed E-state index contributed by atoms with van der Waals surface area (Å²) in [6, 6.07) is 18.8. The van der Waals surface area contributed by atoms with Gasteiger partial charge in [0.2, 0.25) is 23.6 Å². The molecule has 13 nitrogen and oxygen atoms in total. The molecule has 7 rings (SSSR count). The van der Waals surface area contributed by atoms with Crippen molar-refractivity contribution >= 4 is 58.2 Å². The fourth-order valence-electron chi connectivity index (χ4n) is 6.20. The lowest BCUT2D eigenvalue weighted by molar-refractivity contribution is -0.120. The van der Waals surface area contributed by atoms with Crippen molar-refractivity contribution in [2.24, 2.45) is 0 Å². The normalized spacial score (nSPS) is 17.0. The summed E-state index contributed by atoms with van der Waals surface area (Å²) < 4.78 is 5.93. The fourth-order valence-corrected chi connectivity index (χ4v) is 6.52. The Bertz CT molecular complexity index is 1960. The Morgan fingerprint density at radius 1 is 0.627 bits per heavy atom. The van der Waals surface area contributed by atoms with E-state index < -0.39 is 12.1 Å². The molecule has 4 amide bonds. The summed E-state index contributed by atoms with van der Waals surface area (Å²) in [6.07, 6.45) is 5.41. The van der Waals surface area contributed by atoms with Gasteiger partial charge in [-0.25, -0.2) is 0 Å². The second-order valence-electron chi connectivity index (χ2n) is 12.1. The number of nitrogens with zero attached hydrogens (tertiary/aromatic N) is 6. The number of aromatic nitrogens is 4. The standard InChI is InChI=1S/C36H30Cl2N8O5/c37-23-13-15-39-27(19-23)35(49)45-17-1-3-29(45)31(47)41-25-9-5-21(6-10-25)33-43-44-34(51-33)22-7-11-26(12-8-22)42-32(48)30-4-2-18-46(30)36(50)28-20-24(38)14-16-40-28/h5-16,19-20,29-30H,1-4,17-18H2,(H,41,47)(H,42,48)/t29-,30-/m0/s1. The molecule has 2 fully saturated rings. The van der Waals surface area contributed by atoms with Gasteiger partial charge in [0.05, 0.1) is 0 Å². The number of carbonyl (C=O) groups is 4. The molecule has 0 aliphatic carbocycles. The van der Waals surface area contributed by atoms with Crippen LogP contribution in [-0.2, 0) is 9.59 Å². The first-order valence-electron chi connectivity index (χ1n) is 16.2. The number of nitrogens with one attached hydrogen (secondary N) is 2. The molecule has 5 aromatic rings. The predicted octanol–water partition coefficient (Wildman–Crippen LogP) is 5.99. The molecular formula is C36H30Cl2N8O5. The first-order chi connectivity index (χ1) is 24.7. The smallest absolute Gasteiger partial charge is 0.273 e. The highest BCUT2D eigenvalue weighted by atomic mass is 35.5. The van der Waals surface area contributed by atoms with Crippen LogP contribution in [0.5, 0.6) is 0 Å². The quantitative estimate of drug-likeness (QED) is 0.196. The van der Waals surface area contributed by atoms with E-state index in [4.69, 9.17) is 27.6 Å². The molecule has 5 heterocycles. The van der Waals surface area contributed by atoms with Crippen LogP contribution in [0.4, 0.5) is 11.4 Å². The Kier molecular flexibility index (Phi) is 9.73. The number of rotatable bonds is 8. The Balaban J connectivity index is 0.951. The van der Waals surface area contributed by atoms with Crippen LogP contribution in [0.25, 0.3) is 22.9 Å². The number of hydrogen-bond donors (Lipinski definition) is 2. The molecule has 2 aliphatic heterocycles. The molecule has 0 spiro atoms. The third-order valence-electron chi connectivity index (χ3n) is 8.74. The van der Waals surface area contributed by atoms with Crippen molar-refractivity contribution in [1.29, 1.82) is 0 Å². The van der Waals surface area contributed by atoms with E-state index in [1.807, 2.05) is 0 Å². The lowest BCUT2D eigenvalue weighted by Gasteiger charge is -2.23. The first-order valence-corrected chi connectivity index (χ1v) is 17.0. The Labute approximate surface area is 302 Å². The average Bonchev–Trinajstić information content (AvgIpc) is 3.94. The van der Waals surface area contributed by atoms with E-state index in [-0.39, 0.29) is 46.8 Å². The van der Waals surface area contributed by atoms with E-state index in [1.54, 1.807) is 60.7 Å². The maximum atomic E-state index is 13.2.